The molecule has 154 valence electrons. The molecule has 1 heterocycles. The van der Waals surface area contributed by atoms with Crippen LogP contribution in [-0.2, 0) is 19.6 Å². The molecule has 0 aliphatic carbocycles. The van der Waals surface area contributed by atoms with Crippen molar-refractivity contribution < 1.29 is 9.64 Å². The van der Waals surface area contributed by atoms with E-state index in [1.54, 1.807) is 12.0 Å². The van der Waals surface area contributed by atoms with Gasteiger partial charge in [-0.05, 0) is 49.1 Å². The number of rotatable bonds is 10. The molecule has 0 aliphatic heterocycles. The van der Waals surface area contributed by atoms with Crippen molar-refractivity contribution in [2.24, 2.45) is 5.92 Å². The monoisotopic (exact) mass is 391 g/mol. The van der Waals surface area contributed by atoms with Crippen molar-refractivity contribution in [1.82, 2.24) is 4.57 Å². The summed E-state index contributed by atoms with van der Waals surface area (Å²) in [6.07, 6.45) is 3.44. The largest absolute Gasteiger partial charge is 0.497 e. The van der Waals surface area contributed by atoms with Crippen LogP contribution in [0.25, 0.3) is 0 Å². The van der Waals surface area contributed by atoms with Crippen molar-refractivity contribution in [2.75, 3.05) is 13.7 Å². The molecule has 0 aliphatic rings. The average Bonchev–Trinajstić information content (AvgIpc) is 3.14. The molecule has 0 radical (unpaired) electrons. The minimum atomic E-state index is 0.717. The first kappa shape index (κ1) is 21.2. The summed E-state index contributed by atoms with van der Waals surface area (Å²) in [6.45, 7) is 10.9. The van der Waals surface area contributed by atoms with Crippen molar-refractivity contribution >= 4 is 0 Å². The number of aromatic nitrogens is 1. The zero-order valence-corrected chi connectivity index (χ0v) is 18.3. The Balaban J connectivity index is 1.73. The lowest BCUT2D eigenvalue weighted by molar-refractivity contribution is -0.928. The Bertz CT molecular complexity index is 880. The number of ether oxygens (including phenoxy) is 1. The SMILES string of the molecule is COc1cccc(C[NH+](CCC(C)C)Cc2cccn2Cc2ccc(C)cc2)c1. The number of hydrogen-bond donors (Lipinski definition) is 1. The Labute approximate surface area is 175 Å². The number of benzene rings is 2. The Morgan fingerprint density at radius 3 is 2.45 bits per heavy atom. The van der Waals surface area contributed by atoms with E-state index in [0.717, 1.165) is 31.3 Å². The number of nitrogens with zero attached hydrogens (tertiary/aromatic N) is 1. The zero-order chi connectivity index (χ0) is 20.6. The average molecular weight is 392 g/mol. The number of quaternary nitrogens is 1. The molecular weight excluding hydrogens is 356 g/mol. The molecule has 29 heavy (non-hydrogen) atoms. The fraction of sp³-hybridized carbons (Fsp3) is 0.385. The molecule has 2 aromatic carbocycles. The molecule has 0 bridgehead atoms. The van der Waals surface area contributed by atoms with Crippen LogP contribution in [0.2, 0.25) is 0 Å². The molecule has 0 saturated carbocycles. The molecule has 3 nitrogen and oxygen atoms in total. The molecule has 3 aromatic rings. The van der Waals surface area contributed by atoms with Crippen molar-refractivity contribution in [1.29, 1.82) is 0 Å². The van der Waals surface area contributed by atoms with Crippen LogP contribution in [0.3, 0.4) is 0 Å². The second kappa shape index (κ2) is 10.3. The quantitative estimate of drug-likeness (QED) is 0.540. The second-order valence-electron chi connectivity index (χ2n) is 8.50. The predicted octanol–water partition coefficient (Wildman–Crippen LogP) is 4.48. The second-order valence-corrected chi connectivity index (χ2v) is 8.50. The van der Waals surface area contributed by atoms with E-state index in [4.69, 9.17) is 4.74 Å². The summed E-state index contributed by atoms with van der Waals surface area (Å²) in [7, 11) is 1.74. The first-order valence-corrected chi connectivity index (χ1v) is 10.7. The van der Waals surface area contributed by atoms with Gasteiger partial charge in [0.15, 0.2) is 0 Å². The highest BCUT2D eigenvalue weighted by molar-refractivity contribution is 5.28. The lowest BCUT2D eigenvalue weighted by Gasteiger charge is -2.22. The van der Waals surface area contributed by atoms with Gasteiger partial charge in [-0.2, -0.15) is 0 Å². The molecule has 3 heteroatoms. The maximum atomic E-state index is 5.42. The van der Waals surface area contributed by atoms with Gasteiger partial charge in [0.25, 0.3) is 0 Å². The lowest BCUT2D eigenvalue weighted by atomic mass is 10.1. The highest BCUT2D eigenvalue weighted by Gasteiger charge is 2.15. The maximum absolute atomic E-state index is 5.42. The van der Waals surface area contributed by atoms with E-state index in [2.05, 4.69) is 86.1 Å². The van der Waals surface area contributed by atoms with Crippen LogP contribution in [0.5, 0.6) is 5.75 Å². The van der Waals surface area contributed by atoms with Crippen LogP contribution in [0.15, 0.2) is 66.9 Å². The normalized spacial score (nSPS) is 12.3. The van der Waals surface area contributed by atoms with Gasteiger partial charge in [-0.3, -0.25) is 0 Å². The molecule has 1 N–H and O–H groups in total. The van der Waals surface area contributed by atoms with Crippen molar-refractivity contribution in [2.45, 2.75) is 46.8 Å². The standard InChI is InChI=1S/C26H34N2O/c1-21(2)14-16-27(18-24-7-5-9-26(17-24)29-4)20-25-8-6-15-28(25)19-23-12-10-22(3)11-13-23/h5-13,15,17,21H,14,16,18-20H2,1-4H3/p+1. The summed E-state index contributed by atoms with van der Waals surface area (Å²) in [5.41, 5.74) is 5.39. The molecule has 3 rings (SSSR count). The number of methoxy groups -OCH3 is 1. The summed E-state index contributed by atoms with van der Waals surface area (Å²) in [6, 6.07) is 21.8. The molecule has 1 unspecified atom stereocenters. The first-order chi connectivity index (χ1) is 14.0. The Hall–Kier alpha value is -2.52. The van der Waals surface area contributed by atoms with E-state index in [1.807, 2.05) is 6.07 Å². The summed E-state index contributed by atoms with van der Waals surface area (Å²) < 4.78 is 7.82. The summed E-state index contributed by atoms with van der Waals surface area (Å²) in [4.78, 5) is 1.59. The van der Waals surface area contributed by atoms with E-state index in [1.165, 1.54) is 35.3 Å². The van der Waals surface area contributed by atoms with Gasteiger partial charge in [0.2, 0.25) is 0 Å². The van der Waals surface area contributed by atoms with E-state index in [9.17, 15) is 0 Å². The van der Waals surface area contributed by atoms with Crippen LogP contribution in [0, 0.1) is 12.8 Å². The molecule has 0 amide bonds. The smallest absolute Gasteiger partial charge is 0.119 e. The van der Waals surface area contributed by atoms with E-state index in [0.29, 0.717) is 0 Å². The minimum Gasteiger partial charge on any atom is -0.497 e. The highest BCUT2D eigenvalue weighted by atomic mass is 16.5. The minimum absolute atomic E-state index is 0.717. The third kappa shape index (κ3) is 6.50. The molecule has 0 saturated heterocycles. The number of nitrogens with one attached hydrogen (secondary N) is 1. The third-order valence-corrected chi connectivity index (χ3v) is 5.49. The van der Waals surface area contributed by atoms with Crippen LogP contribution < -0.4 is 9.64 Å². The fourth-order valence-corrected chi connectivity index (χ4v) is 3.71. The van der Waals surface area contributed by atoms with Gasteiger partial charge in [0, 0.05) is 18.3 Å². The molecule has 0 spiro atoms. The van der Waals surface area contributed by atoms with Gasteiger partial charge in [-0.1, -0.05) is 55.8 Å². The van der Waals surface area contributed by atoms with Crippen LogP contribution >= 0.6 is 0 Å². The summed E-state index contributed by atoms with van der Waals surface area (Å²) >= 11 is 0. The van der Waals surface area contributed by atoms with Crippen LogP contribution in [0.1, 0.15) is 42.7 Å². The van der Waals surface area contributed by atoms with Gasteiger partial charge in [0.05, 0.1) is 19.3 Å². The third-order valence-electron chi connectivity index (χ3n) is 5.49. The van der Waals surface area contributed by atoms with E-state index < -0.39 is 0 Å². The molecule has 1 atom stereocenters. The topological polar surface area (TPSA) is 18.6 Å². The van der Waals surface area contributed by atoms with Gasteiger partial charge in [-0.25, -0.2) is 0 Å². The molecule has 1 aromatic heterocycles. The number of hydrogen-bond acceptors (Lipinski definition) is 1. The summed E-state index contributed by atoms with van der Waals surface area (Å²) in [5.74, 6) is 1.66. The lowest BCUT2D eigenvalue weighted by Crippen LogP contribution is -3.09. The Morgan fingerprint density at radius 2 is 1.72 bits per heavy atom. The summed E-state index contributed by atoms with van der Waals surface area (Å²) in [5, 5.41) is 0. The fourth-order valence-electron chi connectivity index (χ4n) is 3.71. The van der Waals surface area contributed by atoms with Crippen molar-refractivity contribution in [3.8, 4) is 5.75 Å². The van der Waals surface area contributed by atoms with E-state index >= 15 is 0 Å². The molecule has 0 fully saturated rings. The van der Waals surface area contributed by atoms with Gasteiger partial charge >= 0.3 is 0 Å². The maximum Gasteiger partial charge on any atom is 0.119 e. The first-order valence-electron chi connectivity index (χ1n) is 10.7. The molecular formula is C26H35N2O+. The van der Waals surface area contributed by atoms with Crippen LogP contribution in [0.4, 0.5) is 0 Å². The Kier molecular flexibility index (Phi) is 7.54. The number of aryl methyl sites for hydroxylation is 1. The predicted molar refractivity (Wildman–Crippen MR) is 120 cm³/mol. The van der Waals surface area contributed by atoms with Gasteiger partial charge in [0.1, 0.15) is 18.8 Å². The Morgan fingerprint density at radius 1 is 0.931 bits per heavy atom. The van der Waals surface area contributed by atoms with Gasteiger partial charge in [-0.15, -0.1) is 0 Å². The zero-order valence-electron chi connectivity index (χ0n) is 18.3. The van der Waals surface area contributed by atoms with Crippen LogP contribution in [-0.4, -0.2) is 18.2 Å². The van der Waals surface area contributed by atoms with Crippen molar-refractivity contribution in [3.63, 3.8) is 0 Å². The van der Waals surface area contributed by atoms with Crippen molar-refractivity contribution in [3.05, 3.63) is 89.2 Å². The van der Waals surface area contributed by atoms with E-state index in [-0.39, 0.29) is 0 Å². The highest BCUT2D eigenvalue weighted by Crippen LogP contribution is 2.12. The van der Waals surface area contributed by atoms with Gasteiger partial charge < -0.3 is 14.2 Å².